The van der Waals surface area contributed by atoms with Gasteiger partial charge in [-0.2, -0.15) is 0 Å². The van der Waals surface area contributed by atoms with Crippen LogP contribution in [0.3, 0.4) is 0 Å². The summed E-state index contributed by atoms with van der Waals surface area (Å²) in [5.74, 6) is 0.812. The van der Waals surface area contributed by atoms with Crippen molar-refractivity contribution in [1.29, 1.82) is 0 Å². The van der Waals surface area contributed by atoms with Gasteiger partial charge in [0.15, 0.2) is 0 Å². The molecule has 0 aliphatic rings. The van der Waals surface area contributed by atoms with E-state index >= 15 is 0 Å². The molecule has 1 radical (unpaired) electrons. The van der Waals surface area contributed by atoms with E-state index in [4.69, 9.17) is 12.2 Å². The Morgan fingerprint density at radius 2 is 2.09 bits per heavy atom. The van der Waals surface area contributed by atoms with Crippen LogP contribution in [0.1, 0.15) is 33.6 Å². The lowest BCUT2D eigenvalue weighted by molar-refractivity contribution is 0.391. The predicted molar refractivity (Wildman–Crippen MR) is 53.9 cm³/mol. The number of rotatable bonds is 6. The molecular formula is C9H18NS. The van der Waals surface area contributed by atoms with Crippen LogP contribution in [0.4, 0.5) is 0 Å². The molecule has 0 aliphatic heterocycles. The summed E-state index contributed by atoms with van der Waals surface area (Å²) < 4.78 is 0. The van der Waals surface area contributed by atoms with Crippen LogP contribution in [-0.4, -0.2) is 23.5 Å². The third-order valence-electron chi connectivity index (χ3n) is 2.10. The van der Waals surface area contributed by atoms with Gasteiger partial charge in [0, 0.05) is 13.1 Å². The van der Waals surface area contributed by atoms with E-state index in [1.165, 1.54) is 12.8 Å². The second-order valence-corrected chi connectivity index (χ2v) is 3.16. The zero-order chi connectivity index (χ0) is 8.69. The molecule has 0 bridgehead atoms. The normalized spacial score (nSPS) is 12.6. The quantitative estimate of drug-likeness (QED) is 0.447. The van der Waals surface area contributed by atoms with Crippen molar-refractivity contribution in [3.05, 3.63) is 0 Å². The first-order valence-electron chi connectivity index (χ1n) is 4.37. The molecule has 0 aliphatic carbocycles. The highest BCUT2D eigenvalue weighted by atomic mass is 32.1. The van der Waals surface area contributed by atoms with Crippen molar-refractivity contribution < 1.29 is 0 Å². The number of hydrogen-bond acceptors (Lipinski definition) is 1. The van der Waals surface area contributed by atoms with Gasteiger partial charge in [-0.05, 0) is 19.3 Å². The van der Waals surface area contributed by atoms with Gasteiger partial charge in [-0.15, -0.1) is 0 Å². The average Bonchev–Trinajstić information content (AvgIpc) is 2.06. The van der Waals surface area contributed by atoms with Crippen LogP contribution in [0.2, 0.25) is 0 Å². The zero-order valence-electron chi connectivity index (χ0n) is 7.76. The summed E-state index contributed by atoms with van der Waals surface area (Å²) in [6.45, 7) is 8.66. The Morgan fingerprint density at radius 1 is 1.45 bits per heavy atom. The minimum Gasteiger partial charge on any atom is -0.361 e. The van der Waals surface area contributed by atoms with Gasteiger partial charge in [0.1, 0.15) is 5.49 Å². The van der Waals surface area contributed by atoms with E-state index in [-0.39, 0.29) is 0 Å². The molecule has 0 saturated heterocycles. The molecule has 65 valence electrons. The summed E-state index contributed by atoms with van der Waals surface area (Å²) in [5, 5.41) is 0. The van der Waals surface area contributed by atoms with Crippen LogP contribution in [-0.2, 0) is 0 Å². The number of nitrogens with zero attached hydrogens (tertiary/aromatic N) is 1. The fourth-order valence-electron chi connectivity index (χ4n) is 0.849. The Labute approximate surface area is 75.8 Å². The van der Waals surface area contributed by atoms with E-state index in [0.29, 0.717) is 0 Å². The summed E-state index contributed by atoms with van der Waals surface area (Å²) in [5.41, 5.74) is 2.75. The molecule has 11 heavy (non-hydrogen) atoms. The van der Waals surface area contributed by atoms with E-state index in [2.05, 4.69) is 31.2 Å². The molecule has 0 saturated carbocycles. The Hall–Kier alpha value is -0.110. The summed E-state index contributed by atoms with van der Waals surface area (Å²) >= 11 is 4.74. The van der Waals surface area contributed by atoms with Crippen molar-refractivity contribution in [2.75, 3.05) is 13.1 Å². The second-order valence-electron chi connectivity index (χ2n) is 2.97. The average molecular weight is 172 g/mol. The van der Waals surface area contributed by atoms with E-state index in [9.17, 15) is 0 Å². The van der Waals surface area contributed by atoms with Crippen LogP contribution in [0.15, 0.2) is 0 Å². The highest BCUT2D eigenvalue weighted by molar-refractivity contribution is 7.78. The van der Waals surface area contributed by atoms with Crippen molar-refractivity contribution in [1.82, 2.24) is 4.90 Å². The minimum atomic E-state index is 0.812. The molecule has 0 N–H and O–H groups in total. The summed E-state index contributed by atoms with van der Waals surface area (Å²) in [6, 6.07) is 0. The summed E-state index contributed by atoms with van der Waals surface area (Å²) in [6.07, 6.45) is 2.49. The summed E-state index contributed by atoms with van der Waals surface area (Å²) in [4.78, 5) is 2.06. The van der Waals surface area contributed by atoms with Gasteiger partial charge in [0.2, 0.25) is 0 Å². The SMILES string of the molecule is CCC(C)CCN([C]=S)CC. The van der Waals surface area contributed by atoms with Crippen LogP contribution in [0.5, 0.6) is 0 Å². The molecule has 0 heterocycles. The Bertz CT molecular complexity index is 104. The topological polar surface area (TPSA) is 3.24 Å². The third kappa shape index (κ3) is 5.19. The van der Waals surface area contributed by atoms with Crippen molar-refractivity contribution in [2.24, 2.45) is 5.92 Å². The predicted octanol–water partition coefficient (Wildman–Crippen LogP) is 2.58. The zero-order valence-corrected chi connectivity index (χ0v) is 8.58. The smallest absolute Gasteiger partial charge is 0.136 e. The highest BCUT2D eigenvalue weighted by Gasteiger charge is 2.01. The van der Waals surface area contributed by atoms with Gasteiger partial charge < -0.3 is 4.90 Å². The second kappa shape index (κ2) is 6.59. The molecule has 2 heteroatoms. The van der Waals surface area contributed by atoms with Crippen LogP contribution >= 0.6 is 12.2 Å². The van der Waals surface area contributed by atoms with Gasteiger partial charge in [-0.25, -0.2) is 0 Å². The van der Waals surface area contributed by atoms with Gasteiger partial charge in [-0.1, -0.05) is 32.5 Å². The largest absolute Gasteiger partial charge is 0.361 e. The highest BCUT2D eigenvalue weighted by Crippen LogP contribution is 2.06. The minimum absolute atomic E-state index is 0.812. The molecule has 1 nitrogen and oxygen atoms in total. The van der Waals surface area contributed by atoms with Crippen LogP contribution in [0, 0.1) is 5.92 Å². The lowest BCUT2D eigenvalue weighted by Gasteiger charge is -2.17. The summed E-state index contributed by atoms with van der Waals surface area (Å²) in [7, 11) is 0. The number of hydrogen-bond donors (Lipinski definition) is 0. The molecule has 0 aromatic heterocycles. The van der Waals surface area contributed by atoms with Crippen molar-refractivity contribution in [3.63, 3.8) is 0 Å². The van der Waals surface area contributed by atoms with Crippen LogP contribution in [0.25, 0.3) is 0 Å². The Balaban J connectivity index is 3.41. The fraction of sp³-hybridized carbons (Fsp3) is 0.889. The standard InChI is InChI=1S/C9H18NS/c1-4-9(3)6-7-10(5-2)8-11/h9H,4-7H2,1-3H3. The van der Waals surface area contributed by atoms with Crippen molar-refractivity contribution in [2.45, 2.75) is 33.6 Å². The first kappa shape index (κ1) is 10.9. The van der Waals surface area contributed by atoms with Gasteiger partial charge in [-0.3, -0.25) is 0 Å². The maximum atomic E-state index is 4.74. The molecule has 0 aromatic rings. The lowest BCUT2D eigenvalue weighted by atomic mass is 10.1. The molecule has 0 amide bonds. The molecular weight excluding hydrogens is 154 g/mol. The van der Waals surface area contributed by atoms with E-state index < -0.39 is 0 Å². The fourth-order valence-corrected chi connectivity index (χ4v) is 1.07. The maximum absolute atomic E-state index is 4.74. The third-order valence-corrected chi connectivity index (χ3v) is 2.36. The maximum Gasteiger partial charge on any atom is 0.136 e. The van der Waals surface area contributed by atoms with E-state index in [1.54, 1.807) is 0 Å². The lowest BCUT2D eigenvalue weighted by Crippen LogP contribution is -2.22. The first-order valence-corrected chi connectivity index (χ1v) is 4.78. The van der Waals surface area contributed by atoms with E-state index in [0.717, 1.165) is 19.0 Å². The van der Waals surface area contributed by atoms with Gasteiger partial charge in [0.05, 0.1) is 0 Å². The Morgan fingerprint density at radius 3 is 2.45 bits per heavy atom. The first-order chi connectivity index (χ1) is 5.24. The molecule has 0 aromatic carbocycles. The molecule has 1 atom stereocenters. The van der Waals surface area contributed by atoms with Crippen molar-refractivity contribution in [3.8, 4) is 0 Å². The molecule has 0 fully saturated rings. The molecule has 0 spiro atoms. The number of thiocarbonyl (C=S) groups is 1. The van der Waals surface area contributed by atoms with Gasteiger partial charge in [0.25, 0.3) is 0 Å². The molecule has 0 rings (SSSR count). The Kier molecular flexibility index (Phi) is 6.52. The van der Waals surface area contributed by atoms with E-state index in [1.807, 2.05) is 0 Å². The monoisotopic (exact) mass is 172 g/mol. The molecule has 1 unspecified atom stereocenters. The van der Waals surface area contributed by atoms with Crippen LogP contribution < -0.4 is 0 Å². The van der Waals surface area contributed by atoms with Gasteiger partial charge >= 0.3 is 0 Å². The van der Waals surface area contributed by atoms with Crippen molar-refractivity contribution >= 4 is 17.7 Å².